The fraction of sp³-hybridized carbons (Fsp3) is 0.227. The predicted molar refractivity (Wildman–Crippen MR) is 112 cm³/mol. The first kappa shape index (κ1) is 22.3. The van der Waals surface area contributed by atoms with Crippen LogP contribution in [0.25, 0.3) is 11.3 Å². The zero-order valence-corrected chi connectivity index (χ0v) is 17.4. The van der Waals surface area contributed by atoms with Crippen molar-refractivity contribution in [1.82, 2.24) is 14.7 Å². The van der Waals surface area contributed by atoms with Crippen LogP contribution in [0.2, 0.25) is 0 Å². The van der Waals surface area contributed by atoms with Crippen LogP contribution in [0.3, 0.4) is 0 Å². The van der Waals surface area contributed by atoms with Gasteiger partial charge in [-0.15, -0.1) is 0 Å². The summed E-state index contributed by atoms with van der Waals surface area (Å²) in [6.45, 7) is 1.86. The van der Waals surface area contributed by atoms with Gasteiger partial charge in [0.05, 0.1) is 29.9 Å². The fourth-order valence-corrected chi connectivity index (χ4v) is 3.81. The number of benzene rings is 2. The van der Waals surface area contributed by atoms with Gasteiger partial charge in [-0.2, -0.15) is 18.3 Å². The molecule has 0 unspecified atom stereocenters. The minimum Gasteiger partial charge on any atom is -0.365 e. The van der Waals surface area contributed by atoms with Crippen LogP contribution in [0.4, 0.5) is 28.0 Å². The van der Waals surface area contributed by atoms with Gasteiger partial charge in [0.25, 0.3) is 5.91 Å². The highest BCUT2D eigenvalue weighted by Crippen LogP contribution is 2.32. The maximum Gasteiger partial charge on any atom is 0.416 e. The number of nitrogens with one attached hydrogen (secondary N) is 1. The maximum atomic E-state index is 13.7. The number of halogens is 4. The molecule has 33 heavy (non-hydrogen) atoms. The molecular weight excluding hydrogens is 442 g/mol. The van der Waals surface area contributed by atoms with Crippen LogP contribution in [0, 0.1) is 12.7 Å². The number of carbonyl (C=O) groups is 2. The minimum absolute atomic E-state index is 0.00183. The Morgan fingerprint density at radius 2 is 1.88 bits per heavy atom. The largest absolute Gasteiger partial charge is 0.416 e. The zero-order chi connectivity index (χ0) is 23.9. The third-order valence-corrected chi connectivity index (χ3v) is 5.27. The van der Waals surface area contributed by atoms with Crippen LogP contribution in [0.5, 0.6) is 0 Å². The number of rotatable bonds is 3. The van der Waals surface area contributed by atoms with Crippen molar-refractivity contribution in [1.29, 1.82) is 0 Å². The molecule has 1 aliphatic heterocycles. The first-order valence-corrected chi connectivity index (χ1v) is 9.93. The van der Waals surface area contributed by atoms with Crippen molar-refractivity contribution in [2.75, 3.05) is 11.9 Å². The zero-order valence-electron chi connectivity index (χ0n) is 17.4. The number of alkyl halides is 3. The van der Waals surface area contributed by atoms with E-state index in [2.05, 4.69) is 10.4 Å². The number of urea groups is 1. The molecule has 0 saturated carbocycles. The number of carbonyl (C=O) groups excluding carboxylic acids is 2. The highest BCUT2D eigenvalue weighted by molar-refractivity contribution is 6.00. The van der Waals surface area contributed by atoms with Gasteiger partial charge in [-0.3, -0.25) is 9.48 Å². The van der Waals surface area contributed by atoms with Crippen molar-refractivity contribution >= 4 is 17.6 Å². The van der Waals surface area contributed by atoms with Crippen LogP contribution in [-0.2, 0) is 19.3 Å². The first-order chi connectivity index (χ1) is 15.5. The summed E-state index contributed by atoms with van der Waals surface area (Å²) in [5.41, 5.74) is 6.03. The maximum absolute atomic E-state index is 13.7. The van der Waals surface area contributed by atoms with Gasteiger partial charge >= 0.3 is 12.2 Å². The van der Waals surface area contributed by atoms with Crippen molar-refractivity contribution in [2.24, 2.45) is 5.73 Å². The molecule has 2 heterocycles. The number of nitrogens with two attached hydrogens (primary N) is 1. The summed E-state index contributed by atoms with van der Waals surface area (Å²) in [4.78, 5) is 26.3. The van der Waals surface area contributed by atoms with E-state index in [9.17, 15) is 27.2 Å². The van der Waals surface area contributed by atoms with Crippen LogP contribution < -0.4 is 11.1 Å². The molecule has 0 atom stereocenters. The molecule has 11 heteroatoms. The molecular formula is C22H19F4N5O2. The van der Waals surface area contributed by atoms with E-state index < -0.39 is 29.5 Å². The van der Waals surface area contributed by atoms with Crippen LogP contribution in [0.15, 0.2) is 42.5 Å². The van der Waals surface area contributed by atoms with Gasteiger partial charge in [0.1, 0.15) is 11.5 Å². The second kappa shape index (κ2) is 8.23. The number of aryl methyl sites for hydroxylation is 1. The summed E-state index contributed by atoms with van der Waals surface area (Å²) in [6, 6.07) is 8.18. The van der Waals surface area contributed by atoms with E-state index in [1.165, 1.54) is 40.8 Å². The molecule has 0 bridgehead atoms. The number of hydrogen-bond donors (Lipinski definition) is 2. The Labute approximate surface area is 185 Å². The quantitative estimate of drug-likeness (QED) is 0.574. The Hall–Kier alpha value is -3.89. The van der Waals surface area contributed by atoms with E-state index in [4.69, 9.17) is 5.73 Å². The number of nitrogens with zero attached hydrogens (tertiary/aromatic N) is 3. The average Bonchev–Trinajstić information content (AvgIpc) is 3.11. The van der Waals surface area contributed by atoms with Gasteiger partial charge in [-0.1, -0.05) is 12.1 Å². The summed E-state index contributed by atoms with van der Waals surface area (Å²) in [5, 5.41) is 6.86. The lowest BCUT2D eigenvalue weighted by Crippen LogP contribution is -2.41. The molecule has 7 nitrogen and oxygen atoms in total. The Kier molecular flexibility index (Phi) is 5.56. The molecule has 0 spiro atoms. The molecule has 0 radical (unpaired) electrons. The lowest BCUT2D eigenvalue weighted by atomic mass is 10.0. The summed E-state index contributed by atoms with van der Waals surface area (Å²) >= 11 is 0. The number of aromatic nitrogens is 2. The van der Waals surface area contributed by atoms with Crippen molar-refractivity contribution in [2.45, 2.75) is 26.2 Å². The molecule has 2 aromatic carbocycles. The summed E-state index contributed by atoms with van der Waals surface area (Å²) in [6.07, 6.45) is -4.55. The average molecular weight is 461 g/mol. The van der Waals surface area contributed by atoms with E-state index in [1.807, 2.05) is 0 Å². The Morgan fingerprint density at radius 1 is 1.12 bits per heavy atom. The van der Waals surface area contributed by atoms with Gasteiger partial charge in [0.15, 0.2) is 0 Å². The van der Waals surface area contributed by atoms with Gasteiger partial charge in [-0.05, 0) is 42.8 Å². The van der Waals surface area contributed by atoms with Crippen LogP contribution >= 0.6 is 0 Å². The van der Waals surface area contributed by atoms with E-state index in [0.29, 0.717) is 16.8 Å². The lowest BCUT2D eigenvalue weighted by molar-refractivity contribution is -0.137. The summed E-state index contributed by atoms with van der Waals surface area (Å²) in [7, 11) is 0. The minimum atomic E-state index is -4.55. The van der Waals surface area contributed by atoms with Gasteiger partial charge in [-0.25, -0.2) is 9.18 Å². The molecule has 4 rings (SSSR count). The highest BCUT2D eigenvalue weighted by Gasteiger charge is 2.32. The van der Waals surface area contributed by atoms with Gasteiger partial charge < -0.3 is 16.0 Å². The first-order valence-electron chi connectivity index (χ1n) is 9.93. The Balaban J connectivity index is 1.61. The second-order valence-electron chi connectivity index (χ2n) is 7.71. The number of amides is 3. The molecule has 3 aromatic rings. The normalized spacial score (nSPS) is 13.5. The van der Waals surface area contributed by atoms with E-state index in [-0.39, 0.29) is 36.6 Å². The third-order valence-electron chi connectivity index (χ3n) is 5.27. The van der Waals surface area contributed by atoms with Crippen LogP contribution in [0.1, 0.15) is 27.2 Å². The molecule has 0 saturated heterocycles. The SMILES string of the molecule is Cc1cc(NC(=O)N2CCn3nc(-c4cccc(F)c4)c(C(N)=O)c3C2)cc(C(F)(F)F)c1. The second-order valence-corrected chi connectivity index (χ2v) is 7.71. The smallest absolute Gasteiger partial charge is 0.365 e. The number of fused-ring (bicyclic) bond motifs is 1. The number of hydrogen-bond acceptors (Lipinski definition) is 3. The molecule has 1 aromatic heterocycles. The summed E-state index contributed by atoms with van der Waals surface area (Å²) in [5.74, 6) is -1.29. The van der Waals surface area contributed by atoms with Crippen LogP contribution in [-0.4, -0.2) is 33.2 Å². The Bertz CT molecular complexity index is 1250. The topological polar surface area (TPSA) is 93.2 Å². The van der Waals surface area contributed by atoms with E-state index >= 15 is 0 Å². The van der Waals surface area contributed by atoms with E-state index in [1.54, 1.807) is 6.07 Å². The molecule has 3 amide bonds. The van der Waals surface area contributed by atoms with Crippen molar-refractivity contribution < 1.29 is 27.2 Å². The van der Waals surface area contributed by atoms with Gasteiger partial charge in [0, 0.05) is 17.8 Å². The predicted octanol–water partition coefficient (Wildman–Crippen LogP) is 4.16. The third kappa shape index (κ3) is 4.52. The molecule has 0 fully saturated rings. The van der Waals surface area contributed by atoms with Crippen molar-refractivity contribution in [3.8, 4) is 11.3 Å². The standard InChI is InChI=1S/C22H19F4N5O2/c1-12-7-14(22(24,25)26)10-16(8-12)28-21(33)30-5-6-31-17(11-30)18(20(27)32)19(29-31)13-3-2-4-15(23)9-13/h2-4,7-10H,5-6,11H2,1H3,(H2,27,32)(H,28,33). The number of primary amides is 1. The number of anilines is 1. The lowest BCUT2D eigenvalue weighted by Gasteiger charge is -2.28. The van der Waals surface area contributed by atoms with Crippen molar-refractivity contribution in [3.05, 3.63) is 70.7 Å². The molecule has 0 aliphatic carbocycles. The summed E-state index contributed by atoms with van der Waals surface area (Å²) < 4.78 is 54.5. The fourth-order valence-electron chi connectivity index (χ4n) is 3.81. The molecule has 1 aliphatic rings. The molecule has 172 valence electrons. The van der Waals surface area contributed by atoms with Gasteiger partial charge in [0.2, 0.25) is 0 Å². The Morgan fingerprint density at radius 3 is 2.55 bits per heavy atom. The van der Waals surface area contributed by atoms with Crippen molar-refractivity contribution in [3.63, 3.8) is 0 Å². The molecule has 3 N–H and O–H groups in total. The highest BCUT2D eigenvalue weighted by atomic mass is 19.4. The van der Waals surface area contributed by atoms with E-state index in [0.717, 1.165) is 12.1 Å². The monoisotopic (exact) mass is 461 g/mol.